The van der Waals surface area contributed by atoms with Gasteiger partial charge in [0.1, 0.15) is 0 Å². The summed E-state index contributed by atoms with van der Waals surface area (Å²) in [6.45, 7) is 3.86. The monoisotopic (exact) mass is 252 g/mol. The van der Waals surface area contributed by atoms with Gasteiger partial charge in [0.25, 0.3) is 0 Å². The number of likely N-dealkylation sites (N-methyl/N-ethyl adjacent to an activating group) is 1. The zero-order chi connectivity index (χ0) is 13.1. The minimum absolute atomic E-state index is 0.0428. The summed E-state index contributed by atoms with van der Waals surface area (Å²) in [5, 5.41) is 9.16. The van der Waals surface area contributed by atoms with Gasteiger partial charge in [-0.2, -0.15) is 15.0 Å². The number of rotatable bonds is 4. The molecule has 3 N–H and O–H groups in total. The molecule has 0 amide bonds. The summed E-state index contributed by atoms with van der Waals surface area (Å²) in [6.07, 6.45) is 2.31. The predicted molar refractivity (Wildman–Crippen MR) is 70.6 cm³/mol. The van der Waals surface area contributed by atoms with E-state index in [0.717, 1.165) is 25.9 Å². The molecule has 0 aliphatic carbocycles. The van der Waals surface area contributed by atoms with E-state index in [2.05, 4.69) is 19.9 Å². The van der Waals surface area contributed by atoms with E-state index in [1.54, 1.807) is 4.90 Å². The topological polar surface area (TPSA) is 91.4 Å². The van der Waals surface area contributed by atoms with Gasteiger partial charge in [0.15, 0.2) is 0 Å². The van der Waals surface area contributed by atoms with Crippen LogP contribution in [0.3, 0.4) is 0 Å². The second-order valence-corrected chi connectivity index (χ2v) is 4.63. The summed E-state index contributed by atoms with van der Waals surface area (Å²) in [5.41, 5.74) is 5.73. The number of aliphatic hydroxyl groups excluding tert-OH is 1. The lowest BCUT2D eigenvalue weighted by Gasteiger charge is -2.24. The first-order chi connectivity index (χ1) is 8.61. The van der Waals surface area contributed by atoms with Crippen LogP contribution in [0, 0.1) is 0 Å². The van der Waals surface area contributed by atoms with Crippen LogP contribution in [0.5, 0.6) is 0 Å². The molecule has 1 fully saturated rings. The highest BCUT2D eigenvalue weighted by Crippen LogP contribution is 2.19. The van der Waals surface area contributed by atoms with Crippen molar-refractivity contribution >= 4 is 17.8 Å². The molecule has 1 unspecified atom stereocenters. The third kappa shape index (κ3) is 2.61. The van der Waals surface area contributed by atoms with Gasteiger partial charge in [0, 0.05) is 20.1 Å². The maximum Gasteiger partial charge on any atom is 0.232 e. The minimum atomic E-state index is -0.0572. The maximum absolute atomic E-state index is 9.16. The maximum atomic E-state index is 9.16. The van der Waals surface area contributed by atoms with Gasteiger partial charge < -0.3 is 20.6 Å². The van der Waals surface area contributed by atoms with Crippen molar-refractivity contribution in [3.05, 3.63) is 0 Å². The lowest BCUT2D eigenvalue weighted by Crippen LogP contribution is -2.34. The number of hydrogen-bond acceptors (Lipinski definition) is 7. The van der Waals surface area contributed by atoms with Crippen molar-refractivity contribution in [3.63, 3.8) is 0 Å². The molecule has 0 radical (unpaired) electrons. The highest BCUT2D eigenvalue weighted by molar-refractivity contribution is 5.44. The van der Waals surface area contributed by atoms with Crippen molar-refractivity contribution in [1.82, 2.24) is 15.0 Å². The quantitative estimate of drug-likeness (QED) is 0.771. The van der Waals surface area contributed by atoms with Crippen LogP contribution in [0.25, 0.3) is 0 Å². The molecule has 7 heteroatoms. The van der Waals surface area contributed by atoms with Gasteiger partial charge in [-0.15, -0.1) is 0 Å². The van der Waals surface area contributed by atoms with Crippen molar-refractivity contribution in [1.29, 1.82) is 0 Å². The molecule has 1 atom stereocenters. The average Bonchev–Trinajstić information content (AvgIpc) is 2.90. The molecular weight excluding hydrogens is 232 g/mol. The second kappa shape index (κ2) is 5.34. The SMILES string of the molecule is CC(CO)N(C)c1nc(N)nc(N2CCCC2)n1. The van der Waals surface area contributed by atoms with Crippen LogP contribution in [0.4, 0.5) is 17.8 Å². The summed E-state index contributed by atoms with van der Waals surface area (Å²) in [7, 11) is 1.84. The third-order valence-corrected chi connectivity index (χ3v) is 3.26. The van der Waals surface area contributed by atoms with E-state index in [4.69, 9.17) is 10.8 Å². The molecule has 0 spiro atoms. The zero-order valence-electron chi connectivity index (χ0n) is 10.9. The molecular formula is C11H20N6O. The fourth-order valence-electron chi connectivity index (χ4n) is 1.91. The molecule has 0 bridgehead atoms. The van der Waals surface area contributed by atoms with Crippen LogP contribution in [-0.2, 0) is 0 Å². The Morgan fingerprint density at radius 2 is 2.00 bits per heavy atom. The lowest BCUT2D eigenvalue weighted by molar-refractivity contribution is 0.269. The molecule has 1 saturated heterocycles. The molecule has 2 heterocycles. The Labute approximate surface area is 107 Å². The first kappa shape index (κ1) is 12.8. The number of aromatic nitrogens is 3. The van der Waals surface area contributed by atoms with E-state index >= 15 is 0 Å². The normalized spacial score (nSPS) is 16.9. The Bertz CT molecular complexity index is 407. The van der Waals surface area contributed by atoms with Crippen molar-refractivity contribution in [2.45, 2.75) is 25.8 Å². The van der Waals surface area contributed by atoms with E-state index in [1.165, 1.54) is 0 Å². The summed E-state index contributed by atoms with van der Waals surface area (Å²) >= 11 is 0. The van der Waals surface area contributed by atoms with Gasteiger partial charge in [0.05, 0.1) is 12.6 Å². The Balaban J connectivity index is 2.25. The Hall–Kier alpha value is -1.63. The largest absolute Gasteiger partial charge is 0.394 e. The predicted octanol–water partition coefficient (Wildman–Crippen LogP) is -0.129. The Kier molecular flexibility index (Phi) is 3.81. The van der Waals surface area contributed by atoms with Crippen LogP contribution in [0.2, 0.25) is 0 Å². The molecule has 1 aliphatic rings. The average molecular weight is 252 g/mol. The fourth-order valence-corrected chi connectivity index (χ4v) is 1.91. The Morgan fingerprint density at radius 1 is 1.33 bits per heavy atom. The van der Waals surface area contributed by atoms with Gasteiger partial charge in [-0.1, -0.05) is 0 Å². The summed E-state index contributed by atoms with van der Waals surface area (Å²) in [4.78, 5) is 16.6. The number of nitrogens with two attached hydrogens (primary N) is 1. The molecule has 2 rings (SSSR count). The van der Waals surface area contributed by atoms with E-state index in [1.807, 2.05) is 14.0 Å². The zero-order valence-corrected chi connectivity index (χ0v) is 10.9. The molecule has 0 saturated carbocycles. The standard InChI is InChI=1S/C11H20N6O/c1-8(7-18)16(2)10-13-9(12)14-11(15-10)17-5-3-4-6-17/h8,18H,3-7H2,1-2H3,(H2,12,13,14,15). The van der Waals surface area contributed by atoms with Crippen LogP contribution in [-0.4, -0.2) is 52.8 Å². The summed E-state index contributed by atoms with van der Waals surface area (Å²) in [6, 6.07) is -0.0572. The van der Waals surface area contributed by atoms with E-state index < -0.39 is 0 Å². The van der Waals surface area contributed by atoms with Crippen molar-refractivity contribution in [3.8, 4) is 0 Å². The van der Waals surface area contributed by atoms with Gasteiger partial charge in [-0.25, -0.2) is 0 Å². The number of nitrogen functional groups attached to an aromatic ring is 1. The van der Waals surface area contributed by atoms with E-state index in [9.17, 15) is 0 Å². The van der Waals surface area contributed by atoms with Gasteiger partial charge in [-0.3, -0.25) is 0 Å². The van der Waals surface area contributed by atoms with Crippen molar-refractivity contribution in [2.24, 2.45) is 0 Å². The van der Waals surface area contributed by atoms with Gasteiger partial charge in [-0.05, 0) is 19.8 Å². The number of hydrogen-bond donors (Lipinski definition) is 2. The minimum Gasteiger partial charge on any atom is -0.394 e. The number of anilines is 3. The lowest BCUT2D eigenvalue weighted by atomic mass is 10.3. The highest BCUT2D eigenvalue weighted by Gasteiger charge is 2.19. The molecule has 100 valence electrons. The van der Waals surface area contributed by atoms with Crippen molar-refractivity contribution in [2.75, 3.05) is 42.3 Å². The second-order valence-electron chi connectivity index (χ2n) is 4.63. The molecule has 1 aromatic rings. The van der Waals surface area contributed by atoms with Gasteiger partial charge >= 0.3 is 0 Å². The molecule has 1 aromatic heterocycles. The van der Waals surface area contributed by atoms with E-state index in [-0.39, 0.29) is 18.6 Å². The summed E-state index contributed by atoms with van der Waals surface area (Å²) in [5.74, 6) is 1.36. The fraction of sp³-hybridized carbons (Fsp3) is 0.727. The van der Waals surface area contributed by atoms with Crippen LogP contribution in [0.15, 0.2) is 0 Å². The molecule has 0 aromatic carbocycles. The number of aliphatic hydroxyl groups is 1. The highest BCUT2D eigenvalue weighted by atomic mass is 16.3. The smallest absolute Gasteiger partial charge is 0.232 e. The first-order valence-corrected chi connectivity index (χ1v) is 6.22. The molecule has 18 heavy (non-hydrogen) atoms. The van der Waals surface area contributed by atoms with Gasteiger partial charge in [0.2, 0.25) is 17.8 Å². The van der Waals surface area contributed by atoms with Crippen LogP contribution < -0.4 is 15.5 Å². The molecule has 1 aliphatic heterocycles. The molecule has 7 nitrogen and oxygen atoms in total. The van der Waals surface area contributed by atoms with Crippen LogP contribution in [0.1, 0.15) is 19.8 Å². The summed E-state index contributed by atoms with van der Waals surface area (Å²) < 4.78 is 0. The first-order valence-electron chi connectivity index (χ1n) is 6.22. The van der Waals surface area contributed by atoms with E-state index in [0.29, 0.717) is 11.9 Å². The number of nitrogens with zero attached hydrogens (tertiary/aromatic N) is 5. The third-order valence-electron chi connectivity index (χ3n) is 3.26. The Morgan fingerprint density at radius 3 is 2.61 bits per heavy atom. The van der Waals surface area contributed by atoms with Crippen molar-refractivity contribution < 1.29 is 5.11 Å². The van der Waals surface area contributed by atoms with Crippen LogP contribution >= 0.6 is 0 Å².